The first kappa shape index (κ1) is 15.0. The Morgan fingerprint density at radius 3 is 2.50 bits per heavy atom. The van der Waals surface area contributed by atoms with Crippen LogP contribution in [0.4, 0.5) is 4.39 Å². The second-order valence-electron chi connectivity index (χ2n) is 4.89. The number of ether oxygens (including phenoxy) is 1. The van der Waals surface area contributed by atoms with Crippen LogP contribution in [0, 0.1) is 5.82 Å². The molecule has 0 saturated carbocycles. The van der Waals surface area contributed by atoms with Gasteiger partial charge in [0.25, 0.3) is 0 Å². The molecule has 0 amide bonds. The third-order valence-corrected chi connectivity index (χ3v) is 3.34. The van der Waals surface area contributed by atoms with E-state index in [1.807, 2.05) is 37.3 Å². The van der Waals surface area contributed by atoms with Gasteiger partial charge in [0, 0.05) is 16.6 Å². The Morgan fingerprint density at radius 2 is 1.85 bits per heavy atom. The van der Waals surface area contributed by atoms with Crippen LogP contribution in [0.3, 0.4) is 0 Å². The summed E-state index contributed by atoms with van der Waals surface area (Å²) in [6.45, 7) is 2.31. The lowest BCUT2D eigenvalue weighted by Gasteiger charge is -2.10. The monoisotopic (exact) mass is 337 g/mol. The maximum atomic E-state index is 13.5. The van der Waals surface area contributed by atoms with Gasteiger partial charge < -0.3 is 10.5 Å². The predicted molar refractivity (Wildman–Crippen MR) is 82.2 cm³/mol. The minimum Gasteiger partial charge on any atom is -0.489 e. The zero-order valence-corrected chi connectivity index (χ0v) is 12.9. The average molecular weight is 338 g/mol. The molecule has 0 aliphatic heterocycles. The van der Waals surface area contributed by atoms with Crippen molar-refractivity contribution in [3.8, 4) is 5.75 Å². The van der Waals surface area contributed by atoms with Crippen molar-refractivity contribution in [3.63, 3.8) is 0 Å². The Kier molecular flexibility index (Phi) is 5.15. The molecular formula is C16H17BrFNO. The standard InChI is InChI=1S/C16H17BrFNO/c1-11(19)6-13-7-15(18)9-16(8-13)20-10-12-2-4-14(17)5-3-12/h2-5,7-9,11H,6,10,19H2,1H3. The van der Waals surface area contributed by atoms with Gasteiger partial charge in [-0.2, -0.15) is 0 Å². The zero-order chi connectivity index (χ0) is 14.5. The van der Waals surface area contributed by atoms with Crippen molar-refractivity contribution in [2.24, 2.45) is 5.73 Å². The molecule has 2 nitrogen and oxygen atoms in total. The fourth-order valence-electron chi connectivity index (χ4n) is 1.94. The van der Waals surface area contributed by atoms with Gasteiger partial charge in [-0.25, -0.2) is 4.39 Å². The highest BCUT2D eigenvalue weighted by Crippen LogP contribution is 2.19. The summed E-state index contributed by atoms with van der Waals surface area (Å²) in [5.74, 6) is 0.234. The van der Waals surface area contributed by atoms with Gasteiger partial charge in [0.05, 0.1) is 0 Å². The van der Waals surface area contributed by atoms with Crippen molar-refractivity contribution < 1.29 is 9.13 Å². The van der Waals surface area contributed by atoms with Crippen molar-refractivity contribution in [1.82, 2.24) is 0 Å². The molecule has 20 heavy (non-hydrogen) atoms. The quantitative estimate of drug-likeness (QED) is 0.892. The summed E-state index contributed by atoms with van der Waals surface area (Å²) < 4.78 is 20.2. The SMILES string of the molecule is CC(N)Cc1cc(F)cc(OCc2ccc(Br)cc2)c1. The molecule has 0 aromatic heterocycles. The molecule has 0 spiro atoms. The third-order valence-electron chi connectivity index (χ3n) is 2.81. The second-order valence-corrected chi connectivity index (χ2v) is 5.81. The second kappa shape index (κ2) is 6.86. The minimum absolute atomic E-state index is 0.00359. The van der Waals surface area contributed by atoms with Crippen LogP contribution < -0.4 is 10.5 Å². The van der Waals surface area contributed by atoms with Gasteiger partial charge in [0.2, 0.25) is 0 Å². The fraction of sp³-hybridized carbons (Fsp3) is 0.250. The molecule has 1 atom stereocenters. The topological polar surface area (TPSA) is 35.2 Å². The first-order valence-electron chi connectivity index (χ1n) is 6.45. The van der Waals surface area contributed by atoms with Gasteiger partial charge in [-0.05, 0) is 48.7 Å². The van der Waals surface area contributed by atoms with E-state index in [1.54, 1.807) is 0 Å². The van der Waals surface area contributed by atoms with Crippen LogP contribution in [-0.4, -0.2) is 6.04 Å². The molecule has 1 unspecified atom stereocenters. The third kappa shape index (κ3) is 4.62. The van der Waals surface area contributed by atoms with Crippen LogP contribution in [0.1, 0.15) is 18.1 Å². The van der Waals surface area contributed by atoms with E-state index in [0.717, 1.165) is 15.6 Å². The molecule has 2 rings (SSSR count). The lowest BCUT2D eigenvalue weighted by Crippen LogP contribution is -2.17. The molecular weight excluding hydrogens is 321 g/mol. The van der Waals surface area contributed by atoms with E-state index >= 15 is 0 Å². The van der Waals surface area contributed by atoms with Gasteiger partial charge in [-0.15, -0.1) is 0 Å². The summed E-state index contributed by atoms with van der Waals surface area (Å²) in [6, 6.07) is 12.6. The van der Waals surface area contributed by atoms with Gasteiger partial charge >= 0.3 is 0 Å². The zero-order valence-electron chi connectivity index (χ0n) is 11.3. The van der Waals surface area contributed by atoms with Crippen LogP contribution in [0.5, 0.6) is 5.75 Å². The molecule has 0 radical (unpaired) electrons. The molecule has 0 bridgehead atoms. The number of benzene rings is 2. The Hall–Kier alpha value is -1.39. The smallest absolute Gasteiger partial charge is 0.127 e. The average Bonchev–Trinajstić information content (AvgIpc) is 2.36. The summed E-state index contributed by atoms with van der Waals surface area (Å²) in [5.41, 5.74) is 7.62. The molecule has 0 saturated heterocycles. The number of nitrogens with two attached hydrogens (primary N) is 1. The van der Waals surface area contributed by atoms with Crippen molar-refractivity contribution >= 4 is 15.9 Å². The number of halogens is 2. The van der Waals surface area contributed by atoms with E-state index in [1.165, 1.54) is 12.1 Å². The van der Waals surface area contributed by atoms with Crippen LogP contribution in [-0.2, 0) is 13.0 Å². The van der Waals surface area contributed by atoms with E-state index in [4.69, 9.17) is 10.5 Å². The summed E-state index contributed by atoms with van der Waals surface area (Å²) in [4.78, 5) is 0. The molecule has 2 aromatic carbocycles. The first-order valence-corrected chi connectivity index (χ1v) is 7.24. The van der Waals surface area contributed by atoms with E-state index in [2.05, 4.69) is 15.9 Å². The lowest BCUT2D eigenvalue weighted by molar-refractivity contribution is 0.304. The van der Waals surface area contributed by atoms with Gasteiger partial charge in [-0.1, -0.05) is 28.1 Å². The predicted octanol–water partition coefficient (Wildman–Crippen LogP) is 4.06. The highest BCUT2D eigenvalue weighted by atomic mass is 79.9. The van der Waals surface area contributed by atoms with Crippen molar-refractivity contribution in [2.75, 3.05) is 0 Å². The molecule has 106 valence electrons. The summed E-state index contributed by atoms with van der Waals surface area (Å²) in [5, 5.41) is 0. The maximum absolute atomic E-state index is 13.5. The van der Waals surface area contributed by atoms with Gasteiger partial charge in [0.15, 0.2) is 0 Å². The van der Waals surface area contributed by atoms with E-state index in [9.17, 15) is 4.39 Å². The molecule has 2 N–H and O–H groups in total. The van der Waals surface area contributed by atoms with E-state index < -0.39 is 0 Å². The minimum atomic E-state index is -0.297. The summed E-state index contributed by atoms with van der Waals surface area (Å²) in [7, 11) is 0. The van der Waals surface area contributed by atoms with Gasteiger partial charge in [-0.3, -0.25) is 0 Å². The number of hydrogen-bond donors (Lipinski definition) is 1. The Labute approximate surface area is 126 Å². The largest absolute Gasteiger partial charge is 0.489 e. The van der Waals surface area contributed by atoms with Crippen LogP contribution in [0.2, 0.25) is 0 Å². The summed E-state index contributed by atoms with van der Waals surface area (Å²) >= 11 is 3.38. The molecule has 2 aromatic rings. The molecule has 4 heteroatoms. The first-order chi connectivity index (χ1) is 9.52. The molecule has 0 heterocycles. The van der Waals surface area contributed by atoms with Gasteiger partial charge in [0.1, 0.15) is 18.2 Å². The van der Waals surface area contributed by atoms with Crippen LogP contribution in [0.25, 0.3) is 0 Å². The number of hydrogen-bond acceptors (Lipinski definition) is 2. The lowest BCUT2D eigenvalue weighted by atomic mass is 10.1. The van der Waals surface area contributed by atoms with E-state index in [-0.39, 0.29) is 11.9 Å². The Bertz CT molecular complexity index is 569. The number of rotatable bonds is 5. The van der Waals surface area contributed by atoms with Crippen molar-refractivity contribution in [2.45, 2.75) is 26.0 Å². The molecule has 0 fully saturated rings. The normalized spacial score (nSPS) is 12.2. The maximum Gasteiger partial charge on any atom is 0.127 e. The van der Waals surface area contributed by atoms with Crippen molar-refractivity contribution in [3.05, 3.63) is 63.9 Å². The van der Waals surface area contributed by atoms with Crippen LogP contribution >= 0.6 is 15.9 Å². The molecule has 0 aliphatic carbocycles. The Balaban J connectivity index is 2.05. The van der Waals surface area contributed by atoms with E-state index in [0.29, 0.717) is 18.8 Å². The van der Waals surface area contributed by atoms with Crippen molar-refractivity contribution in [1.29, 1.82) is 0 Å². The highest BCUT2D eigenvalue weighted by molar-refractivity contribution is 9.10. The Morgan fingerprint density at radius 1 is 1.15 bits per heavy atom. The highest BCUT2D eigenvalue weighted by Gasteiger charge is 2.05. The summed E-state index contributed by atoms with van der Waals surface area (Å²) in [6.07, 6.45) is 0.631. The fourth-order valence-corrected chi connectivity index (χ4v) is 2.21. The molecule has 0 aliphatic rings. The van der Waals surface area contributed by atoms with Crippen LogP contribution in [0.15, 0.2) is 46.9 Å².